The number of aromatic nitrogens is 4. The summed E-state index contributed by atoms with van der Waals surface area (Å²) < 4.78 is 6.87. The van der Waals surface area contributed by atoms with Crippen molar-refractivity contribution in [2.75, 3.05) is 11.9 Å². The van der Waals surface area contributed by atoms with E-state index in [0.29, 0.717) is 40.7 Å². The molecule has 31 heavy (non-hydrogen) atoms. The smallest absolute Gasteiger partial charge is 0.256 e. The van der Waals surface area contributed by atoms with Gasteiger partial charge in [0.25, 0.3) is 11.5 Å². The van der Waals surface area contributed by atoms with Gasteiger partial charge < -0.3 is 10.1 Å². The molecule has 4 rings (SSSR count). The predicted octanol–water partition coefficient (Wildman–Crippen LogP) is 3.95. The van der Waals surface area contributed by atoms with Crippen LogP contribution in [0.15, 0.2) is 52.6 Å². The van der Waals surface area contributed by atoms with Crippen LogP contribution in [-0.4, -0.2) is 32.3 Å². The Kier molecular flexibility index (Phi) is 5.68. The van der Waals surface area contributed by atoms with Crippen molar-refractivity contribution in [3.05, 3.63) is 75.0 Å². The van der Waals surface area contributed by atoms with Crippen LogP contribution in [0.1, 0.15) is 28.5 Å². The number of carbonyl (C=O) groups is 1. The fraction of sp³-hybridized carbons (Fsp3) is 0.182. The third-order valence-electron chi connectivity index (χ3n) is 4.73. The molecule has 0 radical (unpaired) electrons. The van der Waals surface area contributed by atoms with E-state index in [-0.39, 0.29) is 17.4 Å². The molecule has 2 N–H and O–H groups in total. The minimum Gasteiger partial charge on any atom is -0.494 e. The number of nitrogens with one attached hydrogen (secondary N) is 2. The molecule has 3 heterocycles. The zero-order valence-electron chi connectivity index (χ0n) is 17.3. The van der Waals surface area contributed by atoms with Crippen molar-refractivity contribution in [3.8, 4) is 22.3 Å². The lowest BCUT2D eigenvalue weighted by atomic mass is 10.2. The molecular formula is C22H21N5O3S. The van der Waals surface area contributed by atoms with Crippen LogP contribution in [0.3, 0.4) is 0 Å². The number of hydrogen-bond acceptors (Lipinski definition) is 6. The van der Waals surface area contributed by atoms with Gasteiger partial charge in [-0.1, -0.05) is 6.07 Å². The van der Waals surface area contributed by atoms with E-state index in [9.17, 15) is 9.59 Å². The lowest BCUT2D eigenvalue weighted by Gasteiger charge is -2.10. The molecule has 0 fully saturated rings. The predicted molar refractivity (Wildman–Crippen MR) is 120 cm³/mol. The molecule has 1 amide bonds. The number of thiophene rings is 1. The third kappa shape index (κ3) is 4.26. The third-order valence-corrected chi connectivity index (χ3v) is 5.63. The molecule has 8 nitrogen and oxygen atoms in total. The fourth-order valence-electron chi connectivity index (χ4n) is 2.96. The summed E-state index contributed by atoms with van der Waals surface area (Å²) in [6.45, 7) is 5.92. The molecule has 1 aromatic carbocycles. The highest BCUT2D eigenvalue weighted by molar-refractivity contribution is 7.13. The van der Waals surface area contributed by atoms with Gasteiger partial charge in [-0.3, -0.25) is 14.6 Å². The van der Waals surface area contributed by atoms with Crippen molar-refractivity contribution in [1.29, 1.82) is 0 Å². The second-order valence-electron chi connectivity index (χ2n) is 6.82. The summed E-state index contributed by atoms with van der Waals surface area (Å²) in [5, 5.41) is 9.40. The molecule has 0 aliphatic rings. The van der Waals surface area contributed by atoms with E-state index in [0.717, 1.165) is 4.88 Å². The van der Waals surface area contributed by atoms with Gasteiger partial charge >= 0.3 is 0 Å². The summed E-state index contributed by atoms with van der Waals surface area (Å²) in [4.78, 5) is 33.3. The molecule has 0 spiro atoms. The van der Waals surface area contributed by atoms with Crippen LogP contribution in [0.4, 0.5) is 5.82 Å². The van der Waals surface area contributed by atoms with Gasteiger partial charge in [-0.2, -0.15) is 9.78 Å². The molecule has 3 aromatic heterocycles. The van der Waals surface area contributed by atoms with Crippen molar-refractivity contribution in [2.24, 2.45) is 0 Å². The van der Waals surface area contributed by atoms with E-state index in [4.69, 9.17) is 4.74 Å². The Hall–Kier alpha value is -3.72. The summed E-state index contributed by atoms with van der Waals surface area (Å²) in [5.74, 6) is 1.01. The number of aryl methyl sites for hydroxylation is 1. The van der Waals surface area contributed by atoms with Gasteiger partial charge in [0.15, 0.2) is 0 Å². The van der Waals surface area contributed by atoms with Crippen LogP contribution in [0.2, 0.25) is 0 Å². The van der Waals surface area contributed by atoms with Gasteiger partial charge in [-0.25, -0.2) is 4.98 Å². The standard InChI is InChI=1S/C22H21N5O3S/c1-4-30-16-9-7-15(8-10-16)21(29)24-19-12-17(18-6-5-11-31-18)26-27(19)22-23-14(3)13(2)20(28)25-22/h5-12H,4H2,1-3H3,(H,24,29)(H,23,25,28). The Labute approximate surface area is 182 Å². The number of benzene rings is 1. The van der Waals surface area contributed by atoms with Crippen LogP contribution in [0.25, 0.3) is 16.5 Å². The van der Waals surface area contributed by atoms with Crippen LogP contribution >= 0.6 is 11.3 Å². The zero-order chi connectivity index (χ0) is 22.0. The highest BCUT2D eigenvalue weighted by Gasteiger charge is 2.17. The Morgan fingerprint density at radius 3 is 2.65 bits per heavy atom. The van der Waals surface area contributed by atoms with E-state index < -0.39 is 0 Å². The highest BCUT2D eigenvalue weighted by Crippen LogP contribution is 2.27. The van der Waals surface area contributed by atoms with E-state index in [2.05, 4.69) is 20.4 Å². The first-order valence-corrected chi connectivity index (χ1v) is 10.6. The molecular weight excluding hydrogens is 414 g/mol. The van der Waals surface area contributed by atoms with Crippen LogP contribution in [0.5, 0.6) is 5.75 Å². The number of hydrogen-bond donors (Lipinski definition) is 2. The molecule has 0 saturated heterocycles. The van der Waals surface area contributed by atoms with Crippen LogP contribution < -0.4 is 15.6 Å². The number of carbonyl (C=O) groups excluding carboxylic acids is 1. The Bertz CT molecular complexity index is 1270. The molecule has 0 atom stereocenters. The first kappa shape index (κ1) is 20.5. The number of ether oxygens (including phenoxy) is 1. The summed E-state index contributed by atoms with van der Waals surface area (Å²) in [6.07, 6.45) is 0. The molecule has 0 aliphatic carbocycles. The van der Waals surface area contributed by atoms with Gasteiger partial charge in [0, 0.05) is 22.9 Å². The fourth-order valence-corrected chi connectivity index (χ4v) is 3.65. The molecule has 0 unspecified atom stereocenters. The van der Waals surface area contributed by atoms with Gasteiger partial charge in [0.05, 0.1) is 11.5 Å². The molecule has 0 saturated carbocycles. The topological polar surface area (TPSA) is 102 Å². The Balaban J connectivity index is 1.72. The van der Waals surface area contributed by atoms with Gasteiger partial charge in [0.2, 0.25) is 5.95 Å². The Morgan fingerprint density at radius 2 is 2.00 bits per heavy atom. The second kappa shape index (κ2) is 8.57. The van der Waals surface area contributed by atoms with E-state index in [1.807, 2.05) is 24.4 Å². The highest BCUT2D eigenvalue weighted by atomic mass is 32.1. The number of aromatic amines is 1. The lowest BCUT2D eigenvalue weighted by Crippen LogP contribution is -2.20. The monoisotopic (exact) mass is 435 g/mol. The summed E-state index contributed by atoms with van der Waals surface area (Å²) in [7, 11) is 0. The van der Waals surface area contributed by atoms with Gasteiger partial charge in [0.1, 0.15) is 17.3 Å². The van der Waals surface area contributed by atoms with E-state index in [1.165, 1.54) is 16.0 Å². The zero-order valence-corrected chi connectivity index (χ0v) is 18.1. The lowest BCUT2D eigenvalue weighted by molar-refractivity contribution is 0.102. The quantitative estimate of drug-likeness (QED) is 0.477. The minimum absolute atomic E-state index is 0.234. The largest absolute Gasteiger partial charge is 0.494 e. The van der Waals surface area contributed by atoms with Gasteiger partial charge in [-0.15, -0.1) is 11.3 Å². The van der Waals surface area contributed by atoms with Crippen molar-refractivity contribution < 1.29 is 9.53 Å². The summed E-state index contributed by atoms with van der Waals surface area (Å²) in [5.41, 5.74) is 2.01. The first-order chi connectivity index (χ1) is 15.0. The average Bonchev–Trinajstić information content (AvgIpc) is 3.42. The van der Waals surface area contributed by atoms with Gasteiger partial charge in [-0.05, 0) is 56.5 Å². The maximum absolute atomic E-state index is 12.9. The first-order valence-electron chi connectivity index (χ1n) is 9.72. The molecule has 158 valence electrons. The van der Waals surface area contributed by atoms with Crippen molar-refractivity contribution >= 4 is 23.1 Å². The SMILES string of the molecule is CCOc1ccc(C(=O)Nc2cc(-c3cccs3)nn2-c2nc(C)c(C)c(=O)[nH]2)cc1. The van der Waals surface area contributed by atoms with Crippen LogP contribution in [-0.2, 0) is 0 Å². The molecule has 0 bridgehead atoms. The molecule has 0 aliphatic heterocycles. The molecule has 9 heteroatoms. The van der Waals surface area contributed by atoms with Crippen LogP contribution in [0, 0.1) is 13.8 Å². The number of nitrogens with zero attached hydrogens (tertiary/aromatic N) is 3. The summed E-state index contributed by atoms with van der Waals surface area (Å²) in [6, 6.07) is 12.5. The maximum Gasteiger partial charge on any atom is 0.256 e. The summed E-state index contributed by atoms with van der Waals surface area (Å²) >= 11 is 1.53. The second-order valence-corrected chi connectivity index (χ2v) is 7.76. The van der Waals surface area contributed by atoms with Crippen molar-refractivity contribution in [2.45, 2.75) is 20.8 Å². The normalized spacial score (nSPS) is 10.8. The number of anilines is 1. The van der Waals surface area contributed by atoms with E-state index in [1.54, 1.807) is 44.2 Å². The average molecular weight is 436 g/mol. The van der Waals surface area contributed by atoms with Crippen molar-refractivity contribution in [3.63, 3.8) is 0 Å². The molecule has 4 aromatic rings. The minimum atomic E-state index is -0.312. The number of H-pyrrole nitrogens is 1. The van der Waals surface area contributed by atoms with E-state index >= 15 is 0 Å². The number of rotatable bonds is 6. The maximum atomic E-state index is 12.9. The number of amides is 1. The Morgan fingerprint density at radius 1 is 1.23 bits per heavy atom. The van der Waals surface area contributed by atoms with Crippen molar-refractivity contribution in [1.82, 2.24) is 19.7 Å².